The van der Waals surface area contributed by atoms with Crippen LogP contribution < -0.4 is 11.1 Å². The van der Waals surface area contributed by atoms with Gasteiger partial charge in [-0.2, -0.15) is 0 Å². The summed E-state index contributed by atoms with van der Waals surface area (Å²) in [5.41, 5.74) is 5.29. The number of hydrogen-bond donors (Lipinski definition) is 2. The number of nitrogens with one attached hydrogen (secondary N) is 1. The molecular formula is C17H32N2OS. The van der Waals surface area contributed by atoms with E-state index in [2.05, 4.69) is 19.2 Å². The number of carbonyl (C=O) groups is 1. The van der Waals surface area contributed by atoms with Crippen molar-refractivity contribution in [1.29, 1.82) is 0 Å². The van der Waals surface area contributed by atoms with Gasteiger partial charge >= 0.3 is 0 Å². The summed E-state index contributed by atoms with van der Waals surface area (Å²) in [5.74, 6) is 0.929. The minimum Gasteiger partial charge on any atom is -0.392 e. The topological polar surface area (TPSA) is 55.1 Å². The lowest BCUT2D eigenvalue weighted by molar-refractivity contribution is -0.128. The van der Waals surface area contributed by atoms with Crippen molar-refractivity contribution in [2.75, 3.05) is 6.54 Å². The van der Waals surface area contributed by atoms with E-state index in [1.165, 1.54) is 32.1 Å². The van der Waals surface area contributed by atoms with E-state index in [9.17, 15) is 4.79 Å². The second kappa shape index (κ2) is 9.39. The Kier molecular flexibility index (Phi) is 8.23. The van der Waals surface area contributed by atoms with Crippen molar-refractivity contribution < 1.29 is 4.79 Å². The minimum atomic E-state index is -0.633. The zero-order chi connectivity index (χ0) is 15.7. The van der Waals surface area contributed by atoms with Crippen molar-refractivity contribution in [2.24, 2.45) is 17.1 Å². The maximum Gasteiger partial charge on any atom is 0.233 e. The van der Waals surface area contributed by atoms with Crippen molar-refractivity contribution in [2.45, 2.75) is 78.1 Å². The van der Waals surface area contributed by atoms with E-state index in [1.807, 2.05) is 0 Å². The molecule has 0 aliphatic heterocycles. The summed E-state index contributed by atoms with van der Waals surface area (Å²) >= 11 is 5.22. The van der Waals surface area contributed by atoms with E-state index >= 15 is 0 Å². The first-order chi connectivity index (χ1) is 10.1. The Hall–Kier alpha value is -0.640. The van der Waals surface area contributed by atoms with Crippen LogP contribution in [0.4, 0.5) is 0 Å². The lowest BCUT2D eigenvalue weighted by atomic mass is 9.78. The third-order valence-electron chi connectivity index (χ3n) is 4.81. The molecule has 0 aromatic heterocycles. The normalized spacial score (nSPS) is 16.1. The van der Waals surface area contributed by atoms with Gasteiger partial charge in [0, 0.05) is 6.54 Å². The third-order valence-corrected chi connectivity index (χ3v) is 5.20. The van der Waals surface area contributed by atoms with Crippen molar-refractivity contribution in [3.63, 3.8) is 0 Å². The maximum absolute atomic E-state index is 12.6. The summed E-state index contributed by atoms with van der Waals surface area (Å²) in [5, 5.41) is 3.09. The summed E-state index contributed by atoms with van der Waals surface area (Å²) in [6.07, 6.45) is 11.2. The van der Waals surface area contributed by atoms with Crippen molar-refractivity contribution in [3.05, 3.63) is 0 Å². The van der Waals surface area contributed by atoms with Gasteiger partial charge in [-0.1, -0.05) is 64.6 Å². The highest BCUT2D eigenvalue weighted by molar-refractivity contribution is 7.80. The molecular weight excluding hydrogens is 280 g/mol. The smallest absolute Gasteiger partial charge is 0.233 e. The molecule has 1 aliphatic rings. The van der Waals surface area contributed by atoms with E-state index in [0.717, 1.165) is 44.6 Å². The van der Waals surface area contributed by atoms with Crippen LogP contribution in [0.25, 0.3) is 0 Å². The molecule has 1 rings (SSSR count). The van der Waals surface area contributed by atoms with Gasteiger partial charge in [0.05, 0.1) is 10.4 Å². The van der Waals surface area contributed by atoms with Gasteiger partial charge in [-0.05, 0) is 31.6 Å². The lowest BCUT2D eigenvalue weighted by Crippen LogP contribution is -2.49. The molecule has 0 unspecified atom stereocenters. The fourth-order valence-corrected chi connectivity index (χ4v) is 3.92. The third kappa shape index (κ3) is 5.24. The summed E-state index contributed by atoms with van der Waals surface area (Å²) in [7, 11) is 0. The molecule has 0 spiro atoms. The molecule has 0 heterocycles. The van der Waals surface area contributed by atoms with Gasteiger partial charge in [0.2, 0.25) is 5.91 Å². The average Bonchev–Trinajstić information content (AvgIpc) is 2.95. The second-order valence-corrected chi connectivity index (χ2v) is 6.93. The van der Waals surface area contributed by atoms with Gasteiger partial charge in [-0.15, -0.1) is 0 Å². The predicted molar refractivity (Wildman–Crippen MR) is 93.2 cm³/mol. The van der Waals surface area contributed by atoms with Crippen LogP contribution in [0.3, 0.4) is 0 Å². The van der Waals surface area contributed by atoms with Crippen LogP contribution >= 0.6 is 12.2 Å². The second-order valence-electron chi connectivity index (χ2n) is 6.49. The van der Waals surface area contributed by atoms with Crippen molar-refractivity contribution >= 4 is 23.1 Å². The van der Waals surface area contributed by atoms with Gasteiger partial charge in [0.15, 0.2) is 0 Å². The SMILES string of the molecule is CCCC(CCC)(C(=O)NCCCC1CCCC1)C(N)=S. The van der Waals surface area contributed by atoms with Crippen LogP contribution in [0.5, 0.6) is 0 Å². The standard InChI is InChI=1S/C17H32N2OS/c1-3-11-17(12-4-2,15(18)21)16(20)19-13-7-10-14-8-5-6-9-14/h14H,3-13H2,1-2H3,(H2,18,21)(H,19,20). The number of rotatable bonds is 10. The monoisotopic (exact) mass is 312 g/mol. The molecule has 1 aliphatic carbocycles. The molecule has 21 heavy (non-hydrogen) atoms. The fourth-order valence-electron chi connectivity index (χ4n) is 3.62. The lowest BCUT2D eigenvalue weighted by Gasteiger charge is -2.31. The van der Waals surface area contributed by atoms with E-state index in [0.29, 0.717) is 4.99 Å². The number of thiocarbonyl (C=S) groups is 1. The maximum atomic E-state index is 12.6. The molecule has 1 amide bonds. The molecule has 3 N–H and O–H groups in total. The van der Waals surface area contributed by atoms with Crippen molar-refractivity contribution in [3.8, 4) is 0 Å². The zero-order valence-corrected chi connectivity index (χ0v) is 14.6. The number of hydrogen-bond acceptors (Lipinski definition) is 2. The number of nitrogens with two attached hydrogens (primary N) is 1. The predicted octanol–water partition coefficient (Wildman–Crippen LogP) is 3.95. The highest BCUT2D eigenvalue weighted by Gasteiger charge is 2.39. The molecule has 0 atom stereocenters. The molecule has 3 nitrogen and oxygen atoms in total. The molecule has 4 heteroatoms. The van der Waals surface area contributed by atoms with Gasteiger partial charge in [-0.25, -0.2) is 0 Å². The minimum absolute atomic E-state index is 0.0464. The molecule has 122 valence electrons. The van der Waals surface area contributed by atoms with Crippen LogP contribution in [-0.4, -0.2) is 17.4 Å². The zero-order valence-electron chi connectivity index (χ0n) is 13.7. The molecule has 0 bridgehead atoms. The first-order valence-electron chi connectivity index (χ1n) is 8.65. The first kappa shape index (κ1) is 18.4. The van der Waals surface area contributed by atoms with Crippen LogP contribution in [0, 0.1) is 11.3 Å². The molecule has 0 radical (unpaired) electrons. The number of amides is 1. The van der Waals surface area contributed by atoms with Gasteiger partial charge < -0.3 is 11.1 Å². The Morgan fingerprint density at radius 1 is 1.24 bits per heavy atom. The number of carbonyl (C=O) groups excluding carboxylic acids is 1. The van der Waals surface area contributed by atoms with E-state index < -0.39 is 5.41 Å². The Balaban J connectivity index is 2.45. The average molecular weight is 313 g/mol. The fraction of sp³-hybridized carbons (Fsp3) is 0.882. The van der Waals surface area contributed by atoms with E-state index in [-0.39, 0.29) is 5.91 Å². The first-order valence-corrected chi connectivity index (χ1v) is 9.05. The van der Waals surface area contributed by atoms with Crippen LogP contribution in [0.15, 0.2) is 0 Å². The Morgan fingerprint density at radius 3 is 2.29 bits per heavy atom. The highest BCUT2D eigenvalue weighted by atomic mass is 32.1. The van der Waals surface area contributed by atoms with E-state index in [1.54, 1.807) is 0 Å². The van der Waals surface area contributed by atoms with Gasteiger partial charge in [0.25, 0.3) is 0 Å². The van der Waals surface area contributed by atoms with Crippen LogP contribution in [0.1, 0.15) is 78.1 Å². The Bertz CT molecular complexity index is 332. The van der Waals surface area contributed by atoms with Gasteiger partial charge in [0.1, 0.15) is 0 Å². The summed E-state index contributed by atoms with van der Waals surface area (Å²) < 4.78 is 0. The van der Waals surface area contributed by atoms with Crippen LogP contribution in [-0.2, 0) is 4.79 Å². The summed E-state index contributed by atoms with van der Waals surface area (Å²) in [6.45, 7) is 4.92. The summed E-state index contributed by atoms with van der Waals surface area (Å²) in [6, 6.07) is 0. The van der Waals surface area contributed by atoms with Crippen LogP contribution in [0.2, 0.25) is 0 Å². The molecule has 0 saturated heterocycles. The molecule has 1 fully saturated rings. The van der Waals surface area contributed by atoms with Gasteiger partial charge in [-0.3, -0.25) is 4.79 Å². The Morgan fingerprint density at radius 2 is 1.81 bits per heavy atom. The summed E-state index contributed by atoms with van der Waals surface area (Å²) in [4.78, 5) is 13.0. The molecule has 1 saturated carbocycles. The van der Waals surface area contributed by atoms with Crippen molar-refractivity contribution in [1.82, 2.24) is 5.32 Å². The largest absolute Gasteiger partial charge is 0.392 e. The quantitative estimate of drug-likeness (QED) is 0.474. The molecule has 0 aromatic rings. The van der Waals surface area contributed by atoms with E-state index in [4.69, 9.17) is 18.0 Å². The Labute approximate surface area is 135 Å². The molecule has 0 aromatic carbocycles. The highest BCUT2D eigenvalue weighted by Crippen LogP contribution is 2.31.